The lowest BCUT2D eigenvalue weighted by Crippen LogP contribution is -2.08. The fraction of sp³-hybridized carbons (Fsp3) is 0.333. The molecule has 0 radical (unpaired) electrons. The third-order valence-electron chi connectivity index (χ3n) is 3.24. The number of rotatable bonds is 5. The average molecular weight is 306 g/mol. The van der Waals surface area contributed by atoms with Gasteiger partial charge in [-0.15, -0.1) is 0 Å². The van der Waals surface area contributed by atoms with Crippen molar-refractivity contribution in [3.8, 4) is 11.5 Å². The van der Waals surface area contributed by atoms with Crippen LogP contribution in [0.3, 0.4) is 0 Å². The van der Waals surface area contributed by atoms with Crippen LogP contribution < -0.4 is 9.47 Å². The molecule has 118 valence electrons. The first-order chi connectivity index (χ1) is 10.4. The standard InChI is InChI=1S/C18H20F2O2/c1-11(2)22-17-6-5-12(3)7-14(17)8-13-9-15(19)18(21-4)16(20)10-13/h5-7,9-11H,8H2,1-4H3. The van der Waals surface area contributed by atoms with Crippen LogP contribution in [-0.4, -0.2) is 13.2 Å². The van der Waals surface area contributed by atoms with Gasteiger partial charge in [0.25, 0.3) is 0 Å². The van der Waals surface area contributed by atoms with Gasteiger partial charge in [-0.2, -0.15) is 0 Å². The molecule has 0 saturated heterocycles. The van der Waals surface area contributed by atoms with E-state index in [1.54, 1.807) is 0 Å². The van der Waals surface area contributed by atoms with Gasteiger partial charge >= 0.3 is 0 Å². The smallest absolute Gasteiger partial charge is 0.190 e. The van der Waals surface area contributed by atoms with Gasteiger partial charge in [0.1, 0.15) is 5.75 Å². The number of hydrogen-bond donors (Lipinski definition) is 0. The molecule has 0 aliphatic heterocycles. The lowest BCUT2D eigenvalue weighted by molar-refractivity contribution is 0.240. The maximum Gasteiger partial charge on any atom is 0.190 e. The molecule has 2 aromatic carbocycles. The molecule has 0 amide bonds. The average Bonchev–Trinajstić information content (AvgIpc) is 2.41. The topological polar surface area (TPSA) is 18.5 Å². The highest BCUT2D eigenvalue weighted by Gasteiger charge is 2.13. The Labute approximate surface area is 129 Å². The van der Waals surface area contributed by atoms with Crippen LogP contribution in [0, 0.1) is 18.6 Å². The van der Waals surface area contributed by atoms with Gasteiger partial charge in [-0.1, -0.05) is 17.7 Å². The van der Waals surface area contributed by atoms with Crippen molar-refractivity contribution in [1.29, 1.82) is 0 Å². The van der Waals surface area contributed by atoms with Crippen LogP contribution in [0.1, 0.15) is 30.5 Å². The summed E-state index contributed by atoms with van der Waals surface area (Å²) in [5, 5.41) is 0. The van der Waals surface area contributed by atoms with Crippen molar-refractivity contribution in [2.45, 2.75) is 33.3 Å². The van der Waals surface area contributed by atoms with Crippen LogP contribution in [-0.2, 0) is 6.42 Å². The molecular formula is C18H20F2O2. The predicted octanol–water partition coefficient (Wildman–Crippen LogP) is 4.66. The molecule has 0 aromatic heterocycles. The highest BCUT2D eigenvalue weighted by Crippen LogP contribution is 2.28. The molecule has 0 saturated carbocycles. The Kier molecular flexibility index (Phi) is 5.01. The largest absolute Gasteiger partial charge is 0.491 e. The van der Waals surface area contributed by atoms with Crippen molar-refractivity contribution in [3.05, 3.63) is 58.7 Å². The van der Waals surface area contributed by atoms with E-state index in [1.165, 1.54) is 19.2 Å². The number of methoxy groups -OCH3 is 1. The van der Waals surface area contributed by atoms with E-state index in [2.05, 4.69) is 0 Å². The third-order valence-corrected chi connectivity index (χ3v) is 3.24. The molecule has 22 heavy (non-hydrogen) atoms. The number of aryl methyl sites for hydroxylation is 1. The molecule has 0 heterocycles. The monoisotopic (exact) mass is 306 g/mol. The second kappa shape index (κ2) is 6.77. The van der Waals surface area contributed by atoms with Crippen LogP contribution in [0.2, 0.25) is 0 Å². The van der Waals surface area contributed by atoms with Crippen molar-refractivity contribution in [2.24, 2.45) is 0 Å². The van der Waals surface area contributed by atoms with Crippen LogP contribution in [0.4, 0.5) is 8.78 Å². The quantitative estimate of drug-likeness (QED) is 0.800. The van der Waals surface area contributed by atoms with E-state index in [0.29, 0.717) is 12.0 Å². The van der Waals surface area contributed by atoms with E-state index >= 15 is 0 Å². The van der Waals surface area contributed by atoms with Gasteiger partial charge in [-0.25, -0.2) is 8.78 Å². The molecular weight excluding hydrogens is 286 g/mol. The summed E-state index contributed by atoms with van der Waals surface area (Å²) < 4.78 is 38.1. The number of hydrogen-bond acceptors (Lipinski definition) is 2. The van der Waals surface area contributed by atoms with Crippen LogP contribution in [0.25, 0.3) is 0 Å². The first-order valence-corrected chi connectivity index (χ1v) is 7.18. The maximum atomic E-state index is 13.8. The van der Waals surface area contributed by atoms with Crippen LogP contribution in [0.15, 0.2) is 30.3 Å². The Morgan fingerprint density at radius 3 is 2.23 bits per heavy atom. The van der Waals surface area contributed by atoms with Crippen molar-refractivity contribution in [1.82, 2.24) is 0 Å². The number of benzene rings is 2. The molecule has 2 aromatic rings. The van der Waals surface area contributed by atoms with E-state index in [1.807, 2.05) is 39.0 Å². The maximum absolute atomic E-state index is 13.8. The van der Waals surface area contributed by atoms with Crippen LogP contribution >= 0.6 is 0 Å². The SMILES string of the molecule is COc1c(F)cc(Cc2cc(C)ccc2OC(C)C)cc1F. The molecule has 4 heteroatoms. The third kappa shape index (κ3) is 3.75. The lowest BCUT2D eigenvalue weighted by Gasteiger charge is -2.15. The molecule has 0 bridgehead atoms. The van der Waals surface area contributed by atoms with E-state index < -0.39 is 11.6 Å². The zero-order valence-corrected chi connectivity index (χ0v) is 13.2. The molecule has 0 N–H and O–H groups in total. The number of ether oxygens (including phenoxy) is 2. The van der Waals surface area contributed by atoms with Gasteiger partial charge in [-0.3, -0.25) is 0 Å². The fourth-order valence-electron chi connectivity index (χ4n) is 2.34. The second-order valence-electron chi connectivity index (χ2n) is 5.55. The van der Waals surface area contributed by atoms with Crippen molar-refractivity contribution < 1.29 is 18.3 Å². The molecule has 0 aliphatic rings. The molecule has 0 unspecified atom stereocenters. The zero-order valence-electron chi connectivity index (χ0n) is 13.2. The summed E-state index contributed by atoms with van der Waals surface area (Å²) in [4.78, 5) is 0. The normalized spacial score (nSPS) is 10.9. The first kappa shape index (κ1) is 16.3. The Morgan fingerprint density at radius 2 is 1.68 bits per heavy atom. The van der Waals surface area contributed by atoms with Gasteiger partial charge in [0.15, 0.2) is 17.4 Å². The van der Waals surface area contributed by atoms with Gasteiger partial charge < -0.3 is 9.47 Å². The molecule has 0 fully saturated rings. The van der Waals surface area contributed by atoms with E-state index in [9.17, 15) is 8.78 Å². The first-order valence-electron chi connectivity index (χ1n) is 7.18. The molecule has 2 nitrogen and oxygen atoms in total. The Bertz CT molecular complexity index is 643. The Balaban J connectivity index is 2.36. The molecule has 0 atom stereocenters. The summed E-state index contributed by atoms with van der Waals surface area (Å²) in [6.07, 6.45) is 0.424. The summed E-state index contributed by atoms with van der Waals surface area (Å²) in [6.45, 7) is 5.85. The predicted molar refractivity (Wildman–Crippen MR) is 82.7 cm³/mol. The summed E-state index contributed by atoms with van der Waals surface area (Å²) >= 11 is 0. The summed E-state index contributed by atoms with van der Waals surface area (Å²) in [7, 11) is 1.25. The van der Waals surface area contributed by atoms with Crippen molar-refractivity contribution in [3.63, 3.8) is 0 Å². The van der Waals surface area contributed by atoms with E-state index in [4.69, 9.17) is 9.47 Å². The fourth-order valence-corrected chi connectivity index (χ4v) is 2.34. The second-order valence-corrected chi connectivity index (χ2v) is 5.55. The highest BCUT2D eigenvalue weighted by molar-refractivity contribution is 5.42. The number of halogens is 2. The minimum Gasteiger partial charge on any atom is -0.491 e. The Hall–Kier alpha value is -2.10. The van der Waals surface area contributed by atoms with Gasteiger partial charge in [-0.05, 0) is 50.1 Å². The zero-order chi connectivity index (χ0) is 16.3. The van der Waals surface area contributed by atoms with Gasteiger partial charge in [0, 0.05) is 6.42 Å². The summed E-state index contributed by atoms with van der Waals surface area (Å²) in [5.74, 6) is -1.02. The van der Waals surface area contributed by atoms with E-state index in [0.717, 1.165) is 16.9 Å². The van der Waals surface area contributed by atoms with E-state index in [-0.39, 0.29) is 11.9 Å². The molecule has 0 aliphatic carbocycles. The molecule has 2 rings (SSSR count). The highest BCUT2D eigenvalue weighted by atomic mass is 19.1. The molecule has 0 spiro atoms. The van der Waals surface area contributed by atoms with Gasteiger partial charge in [0.2, 0.25) is 0 Å². The minimum atomic E-state index is -0.698. The lowest BCUT2D eigenvalue weighted by atomic mass is 10.0. The summed E-state index contributed by atoms with van der Waals surface area (Å²) in [5.41, 5.74) is 2.51. The minimum absolute atomic E-state index is 0.0331. The van der Waals surface area contributed by atoms with Crippen molar-refractivity contribution >= 4 is 0 Å². The summed E-state index contributed by atoms with van der Waals surface area (Å²) in [6, 6.07) is 8.40. The van der Waals surface area contributed by atoms with Crippen molar-refractivity contribution in [2.75, 3.05) is 7.11 Å². The Morgan fingerprint density at radius 1 is 1.05 bits per heavy atom. The van der Waals surface area contributed by atoms with Gasteiger partial charge in [0.05, 0.1) is 13.2 Å². The van der Waals surface area contributed by atoms with Crippen LogP contribution in [0.5, 0.6) is 11.5 Å².